The molecule has 66 valence electrons. The highest BCUT2D eigenvalue weighted by Gasteiger charge is 1.98. The molecule has 0 saturated carbocycles. The number of pyridine rings is 1. The van der Waals surface area contributed by atoms with Gasteiger partial charge in [-0.05, 0) is 17.7 Å². The van der Waals surface area contributed by atoms with E-state index >= 15 is 0 Å². The first-order chi connectivity index (χ1) is 5.72. The molecule has 0 aliphatic carbocycles. The molecule has 0 amide bonds. The van der Waals surface area contributed by atoms with Gasteiger partial charge in [-0.25, -0.2) is 9.29 Å². The van der Waals surface area contributed by atoms with E-state index in [1.165, 1.54) is 0 Å². The lowest BCUT2D eigenvalue weighted by Gasteiger charge is -2.11. The van der Waals surface area contributed by atoms with E-state index in [4.69, 9.17) is 11.6 Å². The van der Waals surface area contributed by atoms with Gasteiger partial charge >= 0.3 is 0 Å². The second kappa shape index (κ2) is 4.70. The van der Waals surface area contributed by atoms with Gasteiger partial charge in [0.15, 0.2) is 0 Å². The summed E-state index contributed by atoms with van der Waals surface area (Å²) >= 11 is 9.96. The molecule has 1 heterocycles. The molecule has 0 unspecified atom stereocenters. The Labute approximate surface area is 83.1 Å². The Morgan fingerprint density at radius 3 is 3.00 bits per heavy atom. The van der Waals surface area contributed by atoms with Gasteiger partial charge in [0, 0.05) is 19.3 Å². The smallest absolute Gasteiger partial charge is 0.129 e. The minimum atomic E-state index is 0.533. The summed E-state index contributed by atoms with van der Waals surface area (Å²) in [6, 6.07) is 3.78. The molecule has 0 fully saturated rings. The Balaban J connectivity index is 2.63. The predicted molar refractivity (Wildman–Crippen MR) is 54.3 cm³/mol. The molecule has 0 saturated heterocycles. The normalized spacial score (nSPS) is 10.7. The highest BCUT2D eigenvalue weighted by molar-refractivity contribution is 7.77. The molecule has 1 aromatic heterocycles. The summed E-state index contributed by atoms with van der Waals surface area (Å²) < 4.78 is 1.91. The van der Waals surface area contributed by atoms with Gasteiger partial charge < -0.3 is 0 Å². The van der Waals surface area contributed by atoms with Gasteiger partial charge in [0.1, 0.15) is 5.15 Å². The molecule has 0 N–H and O–H groups in total. The SMILES string of the molecule is CCN(S)Cc1ccnc(Cl)c1. The van der Waals surface area contributed by atoms with E-state index in [2.05, 4.69) is 24.7 Å². The fourth-order valence-corrected chi connectivity index (χ4v) is 1.22. The number of rotatable bonds is 3. The van der Waals surface area contributed by atoms with Crippen molar-refractivity contribution in [1.82, 2.24) is 9.29 Å². The highest BCUT2D eigenvalue weighted by atomic mass is 35.5. The number of hydrogen-bond donors (Lipinski definition) is 1. The first-order valence-corrected chi connectivity index (χ1v) is 4.54. The van der Waals surface area contributed by atoms with Crippen LogP contribution < -0.4 is 0 Å². The topological polar surface area (TPSA) is 16.1 Å². The Morgan fingerprint density at radius 2 is 2.42 bits per heavy atom. The largest absolute Gasteiger partial charge is 0.249 e. The van der Waals surface area contributed by atoms with Crippen LogP contribution >= 0.6 is 24.4 Å². The maximum atomic E-state index is 5.72. The Morgan fingerprint density at radius 1 is 1.67 bits per heavy atom. The zero-order valence-electron chi connectivity index (χ0n) is 6.87. The van der Waals surface area contributed by atoms with Gasteiger partial charge in [-0.15, -0.1) is 0 Å². The van der Waals surface area contributed by atoms with Crippen LogP contribution in [0.4, 0.5) is 0 Å². The van der Waals surface area contributed by atoms with Crippen LogP contribution in [0.1, 0.15) is 12.5 Å². The van der Waals surface area contributed by atoms with E-state index in [-0.39, 0.29) is 0 Å². The van der Waals surface area contributed by atoms with Crippen molar-refractivity contribution < 1.29 is 0 Å². The Hall–Kier alpha value is -0.250. The van der Waals surface area contributed by atoms with Crippen molar-refractivity contribution in [2.75, 3.05) is 6.54 Å². The zero-order chi connectivity index (χ0) is 8.97. The molecule has 0 bridgehead atoms. The zero-order valence-corrected chi connectivity index (χ0v) is 8.52. The maximum Gasteiger partial charge on any atom is 0.129 e. The fraction of sp³-hybridized carbons (Fsp3) is 0.375. The third-order valence-electron chi connectivity index (χ3n) is 1.52. The van der Waals surface area contributed by atoms with Crippen LogP contribution in [0.5, 0.6) is 0 Å². The van der Waals surface area contributed by atoms with E-state index in [1.54, 1.807) is 6.20 Å². The number of hydrogen-bond acceptors (Lipinski definition) is 3. The summed E-state index contributed by atoms with van der Waals surface area (Å²) in [4.78, 5) is 3.89. The van der Waals surface area contributed by atoms with Crippen molar-refractivity contribution in [1.29, 1.82) is 0 Å². The fourth-order valence-electron chi connectivity index (χ4n) is 0.863. The summed E-state index contributed by atoms with van der Waals surface area (Å²) in [5, 5.41) is 0.533. The average Bonchev–Trinajstić information content (AvgIpc) is 2.04. The van der Waals surface area contributed by atoms with Gasteiger partial charge in [0.2, 0.25) is 0 Å². The van der Waals surface area contributed by atoms with E-state index in [9.17, 15) is 0 Å². The second-order valence-electron chi connectivity index (χ2n) is 2.47. The van der Waals surface area contributed by atoms with Crippen molar-refractivity contribution in [2.45, 2.75) is 13.5 Å². The van der Waals surface area contributed by atoms with E-state index in [1.807, 2.05) is 16.4 Å². The van der Waals surface area contributed by atoms with Gasteiger partial charge in [0.25, 0.3) is 0 Å². The second-order valence-corrected chi connectivity index (χ2v) is 3.42. The first-order valence-electron chi connectivity index (χ1n) is 3.76. The van der Waals surface area contributed by atoms with Crippen LogP contribution in [0.15, 0.2) is 18.3 Å². The molecule has 0 aromatic carbocycles. The van der Waals surface area contributed by atoms with Crippen LogP contribution in [0.3, 0.4) is 0 Å². The Bertz CT molecular complexity index is 255. The average molecular weight is 203 g/mol. The van der Waals surface area contributed by atoms with E-state index in [0.29, 0.717) is 5.15 Å². The number of halogens is 1. The van der Waals surface area contributed by atoms with Crippen molar-refractivity contribution in [3.05, 3.63) is 29.0 Å². The summed E-state index contributed by atoms with van der Waals surface area (Å²) in [5.41, 5.74) is 1.13. The molecule has 4 heteroatoms. The van der Waals surface area contributed by atoms with E-state index < -0.39 is 0 Å². The predicted octanol–water partition coefficient (Wildman–Crippen LogP) is 2.40. The minimum Gasteiger partial charge on any atom is -0.249 e. The van der Waals surface area contributed by atoms with Crippen molar-refractivity contribution in [3.63, 3.8) is 0 Å². The summed E-state index contributed by atoms with van der Waals surface area (Å²) in [6.07, 6.45) is 1.70. The number of thiol groups is 1. The molecule has 0 atom stereocenters. The van der Waals surface area contributed by atoms with Gasteiger partial charge in [-0.3, -0.25) is 0 Å². The Kier molecular flexibility index (Phi) is 3.85. The third kappa shape index (κ3) is 3.01. The third-order valence-corrected chi connectivity index (χ3v) is 2.15. The standard InChI is InChI=1S/C8H11ClN2S/c1-2-11(12)6-7-3-4-10-8(9)5-7/h3-5,12H,2,6H2,1H3. The molecule has 0 spiro atoms. The summed E-state index contributed by atoms with van der Waals surface area (Å²) in [5.74, 6) is 0. The van der Waals surface area contributed by atoms with Crippen LogP contribution in [0, 0.1) is 0 Å². The lowest BCUT2D eigenvalue weighted by atomic mass is 10.3. The van der Waals surface area contributed by atoms with Gasteiger partial charge in [-0.2, -0.15) is 0 Å². The van der Waals surface area contributed by atoms with Gasteiger partial charge in [-0.1, -0.05) is 31.3 Å². The number of aromatic nitrogens is 1. The summed E-state index contributed by atoms with van der Waals surface area (Å²) in [6.45, 7) is 3.75. The molecular weight excluding hydrogens is 192 g/mol. The maximum absolute atomic E-state index is 5.72. The molecule has 0 radical (unpaired) electrons. The summed E-state index contributed by atoms with van der Waals surface area (Å²) in [7, 11) is 0. The molecule has 0 aliphatic heterocycles. The van der Waals surface area contributed by atoms with Crippen molar-refractivity contribution >= 4 is 24.4 Å². The van der Waals surface area contributed by atoms with Crippen LogP contribution in [0.2, 0.25) is 5.15 Å². The van der Waals surface area contributed by atoms with E-state index in [0.717, 1.165) is 18.7 Å². The highest BCUT2D eigenvalue weighted by Crippen LogP contribution is 2.10. The first kappa shape index (κ1) is 9.84. The molecule has 1 rings (SSSR count). The van der Waals surface area contributed by atoms with Crippen LogP contribution in [0.25, 0.3) is 0 Å². The lowest BCUT2D eigenvalue weighted by molar-refractivity contribution is 0.499. The molecule has 1 aromatic rings. The van der Waals surface area contributed by atoms with Crippen molar-refractivity contribution in [2.24, 2.45) is 0 Å². The monoisotopic (exact) mass is 202 g/mol. The minimum absolute atomic E-state index is 0.533. The molecule has 12 heavy (non-hydrogen) atoms. The quantitative estimate of drug-likeness (QED) is 0.599. The molecule has 2 nitrogen and oxygen atoms in total. The molecular formula is C8H11ClN2S. The van der Waals surface area contributed by atoms with Crippen molar-refractivity contribution in [3.8, 4) is 0 Å². The van der Waals surface area contributed by atoms with Crippen LogP contribution in [-0.4, -0.2) is 15.8 Å². The van der Waals surface area contributed by atoms with Gasteiger partial charge in [0.05, 0.1) is 0 Å². The van der Waals surface area contributed by atoms with Crippen LogP contribution in [-0.2, 0) is 6.54 Å². The molecule has 0 aliphatic rings. The number of nitrogens with zero attached hydrogens (tertiary/aromatic N) is 2. The lowest BCUT2D eigenvalue weighted by Crippen LogP contribution is -2.10.